The first-order valence-electron chi connectivity index (χ1n) is 5.20. The molecule has 0 saturated heterocycles. The first-order valence-corrected chi connectivity index (χ1v) is 5.20. The summed E-state index contributed by atoms with van der Waals surface area (Å²) in [5.41, 5.74) is 7.87. The van der Waals surface area contributed by atoms with Crippen LogP contribution in [0.5, 0.6) is 0 Å². The maximum Gasteiger partial charge on any atom is 0.262 e. The summed E-state index contributed by atoms with van der Waals surface area (Å²) in [7, 11) is 0. The molecule has 0 unspecified atom stereocenters. The van der Waals surface area contributed by atoms with E-state index in [4.69, 9.17) is 5.73 Å². The van der Waals surface area contributed by atoms with E-state index in [1.807, 2.05) is 6.92 Å². The summed E-state index contributed by atoms with van der Waals surface area (Å²) in [6, 6.07) is 0. The standard InChI is InChI=1S/C11H13N3O2/c1-3-4-6-5(2)13-9(12)8-7(6)10(15)14-11(8)16/h3-4H2,1-2H3,(H2,12,13)(H,14,15,16). The van der Waals surface area contributed by atoms with Crippen LogP contribution in [0.4, 0.5) is 5.82 Å². The summed E-state index contributed by atoms with van der Waals surface area (Å²) in [4.78, 5) is 27.3. The SMILES string of the molecule is CCCc1c(C)nc(N)c2c1C(=O)NC2=O. The molecule has 0 radical (unpaired) electrons. The Hall–Kier alpha value is -1.91. The molecule has 0 fully saturated rings. The van der Waals surface area contributed by atoms with Gasteiger partial charge in [-0.05, 0) is 18.9 Å². The molecule has 1 aromatic rings. The molecule has 0 saturated carbocycles. The highest BCUT2D eigenvalue weighted by molar-refractivity contribution is 6.24. The molecule has 1 aromatic heterocycles. The summed E-state index contributed by atoms with van der Waals surface area (Å²) >= 11 is 0. The number of anilines is 1. The molecule has 84 valence electrons. The van der Waals surface area contributed by atoms with Gasteiger partial charge in [0.1, 0.15) is 5.82 Å². The van der Waals surface area contributed by atoms with E-state index in [1.165, 1.54) is 0 Å². The van der Waals surface area contributed by atoms with Crippen molar-refractivity contribution in [3.8, 4) is 0 Å². The van der Waals surface area contributed by atoms with E-state index >= 15 is 0 Å². The van der Waals surface area contributed by atoms with Gasteiger partial charge in [0.25, 0.3) is 11.8 Å². The van der Waals surface area contributed by atoms with Gasteiger partial charge in [-0.2, -0.15) is 0 Å². The molecule has 2 heterocycles. The third-order valence-corrected chi connectivity index (χ3v) is 2.71. The number of carbonyl (C=O) groups is 2. The molecule has 0 aromatic carbocycles. The van der Waals surface area contributed by atoms with E-state index in [9.17, 15) is 9.59 Å². The molecular formula is C11H13N3O2. The molecule has 5 nitrogen and oxygen atoms in total. The topological polar surface area (TPSA) is 85.1 Å². The average Bonchev–Trinajstić information content (AvgIpc) is 2.49. The lowest BCUT2D eigenvalue weighted by atomic mass is 9.98. The van der Waals surface area contributed by atoms with E-state index in [0.717, 1.165) is 24.1 Å². The van der Waals surface area contributed by atoms with Crippen molar-refractivity contribution in [3.63, 3.8) is 0 Å². The van der Waals surface area contributed by atoms with Gasteiger partial charge in [0.2, 0.25) is 0 Å². The Morgan fingerprint density at radius 1 is 1.25 bits per heavy atom. The van der Waals surface area contributed by atoms with Crippen molar-refractivity contribution in [2.24, 2.45) is 0 Å². The molecule has 5 heteroatoms. The predicted molar refractivity (Wildman–Crippen MR) is 59.2 cm³/mol. The summed E-state index contributed by atoms with van der Waals surface area (Å²) in [5, 5.41) is 2.25. The molecule has 0 spiro atoms. The van der Waals surface area contributed by atoms with Crippen LogP contribution in [0, 0.1) is 6.92 Å². The number of imide groups is 1. The maximum absolute atomic E-state index is 11.7. The lowest BCUT2D eigenvalue weighted by Crippen LogP contribution is -2.20. The van der Waals surface area contributed by atoms with Crippen molar-refractivity contribution in [2.45, 2.75) is 26.7 Å². The lowest BCUT2D eigenvalue weighted by Gasteiger charge is -2.09. The summed E-state index contributed by atoms with van der Waals surface area (Å²) in [6.45, 7) is 3.81. The van der Waals surface area contributed by atoms with Gasteiger partial charge in [0.15, 0.2) is 0 Å². The van der Waals surface area contributed by atoms with Crippen molar-refractivity contribution in [3.05, 3.63) is 22.4 Å². The Balaban J connectivity index is 2.73. The highest BCUT2D eigenvalue weighted by Gasteiger charge is 2.33. The zero-order valence-corrected chi connectivity index (χ0v) is 9.26. The number of fused-ring (bicyclic) bond motifs is 1. The molecule has 3 N–H and O–H groups in total. The second kappa shape index (κ2) is 3.59. The van der Waals surface area contributed by atoms with Gasteiger partial charge in [-0.25, -0.2) is 4.98 Å². The monoisotopic (exact) mass is 219 g/mol. The van der Waals surface area contributed by atoms with Gasteiger partial charge in [0.05, 0.1) is 11.1 Å². The van der Waals surface area contributed by atoms with Crippen LogP contribution in [-0.4, -0.2) is 16.8 Å². The Morgan fingerprint density at radius 2 is 1.88 bits per heavy atom. The molecule has 2 rings (SSSR count). The van der Waals surface area contributed by atoms with Crippen LogP contribution in [-0.2, 0) is 6.42 Å². The quantitative estimate of drug-likeness (QED) is 0.721. The third-order valence-electron chi connectivity index (χ3n) is 2.71. The zero-order valence-electron chi connectivity index (χ0n) is 9.26. The first-order chi connectivity index (χ1) is 7.56. The molecule has 2 amide bonds. The number of nitrogens with two attached hydrogens (primary N) is 1. The van der Waals surface area contributed by atoms with Crippen molar-refractivity contribution in [1.82, 2.24) is 10.3 Å². The maximum atomic E-state index is 11.7. The average molecular weight is 219 g/mol. The highest BCUT2D eigenvalue weighted by Crippen LogP contribution is 2.27. The number of nitrogens with one attached hydrogen (secondary N) is 1. The fraction of sp³-hybridized carbons (Fsp3) is 0.364. The summed E-state index contributed by atoms with van der Waals surface area (Å²) in [5.74, 6) is -0.668. The molecule has 1 aliphatic rings. The van der Waals surface area contributed by atoms with E-state index in [0.29, 0.717) is 5.56 Å². The van der Waals surface area contributed by atoms with Gasteiger partial charge < -0.3 is 5.73 Å². The number of rotatable bonds is 2. The Kier molecular flexibility index (Phi) is 2.38. The molecule has 1 aliphatic heterocycles. The number of amides is 2. The second-order valence-electron chi connectivity index (χ2n) is 3.84. The van der Waals surface area contributed by atoms with Gasteiger partial charge in [-0.3, -0.25) is 14.9 Å². The Morgan fingerprint density at radius 3 is 2.50 bits per heavy atom. The molecular weight excluding hydrogens is 206 g/mol. The summed E-state index contributed by atoms with van der Waals surface area (Å²) in [6.07, 6.45) is 1.61. The van der Waals surface area contributed by atoms with Crippen LogP contribution in [0.3, 0.4) is 0 Å². The Labute approximate surface area is 93.0 Å². The van der Waals surface area contributed by atoms with Crippen LogP contribution < -0.4 is 11.1 Å². The number of aryl methyl sites for hydroxylation is 1. The van der Waals surface area contributed by atoms with Crippen molar-refractivity contribution < 1.29 is 9.59 Å². The van der Waals surface area contributed by atoms with Crippen molar-refractivity contribution in [1.29, 1.82) is 0 Å². The number of nitrogens with zero attached hydrogens (tertiary/aromatic N) is 1. The van der Waals surface area contributed by atoms with Crippen LogP contribution >= 0.6 is 0 Å². The van der Waals surface area contributed by atoms with Crippen LogP contribution in [0.2, 0.25) is 0 Å². The second-order valence-corrected chi connectivity index (χ2v) is 3.84. The zero-order chi connectivity index (χ0) is 11.9. The minimum absolute atomic E-state index is 0.135. The normalized spacial score (nSPS) is 13.9. The Bertz CT molecular complexity index is 494. The van der Waals surface area contributed by atoms with E-state index < -0.39 is 5.91 Å². The van der Waals surface area contributed by atoms with Crippen LogP contribution in [0.1, 0.15) is 45.3 Å². The molecule has 16 heavy (non-hydrogen) atoms. The largest absolute Gasteiger partial charge is 0.383 e. The number of nitrogen functional groups attached to an aromatic ring is 1. The number of hydrogen-bond acceptors (Lipinski definition) is 4. The number of pyridine rings is 1. The minimum Gasteiger partial charge on any atom is -0.383 e. The summed E-state index contributed by atoms with van der Waals surface area (Å²) < 4.78 is 0. The number of carbonyl (C=O) groups excluding carboxylic acids is 2. The number of aromatic nitrogens is 1. The van der Waals surface area contributed by atoms with Crippen molar-refractivity contribution >= 4 is 17.6 Å². The van der Waals surface area contributed by atoms with Crippen LogP contribution in [0.25, 0.3) is 0 Å². The third kappa shape index (κ3) is 1.36. The van der Waals surface area contributed by atoms with Gasteiger partial charge >= 0.3 is 0 Å². The molecule has 0 aliphatic carbocycles. The minimum atomic E-state index is -0.442. The van der Waals surface area contributed by atoms with Gasteiger partial charge in [-0.15, -0.1) is 0 Å². The van der Waals surface area contributed by atoms with Crippen molar-refractivity contribution in [2.75, 3.05) is 5.73 Å². The predicted octanol–water partition coefficient (Wildman–Crippen LogP) is 0.808. The van der Waals surface area contributed by atoms with Crippen LogP contribution in [0.15, 0.2) is 0 Å². The number of hydrogen-bond donors (Lipinski definition) is 2. The fourth-order valence-corrected chi connectivity index (χ4v) is 2.03. The fourth-order valence-electron chi connectivity index (χ4n) is 2.03. The van der Waals surface area contributed by atoms with E-state index in [-0.39, 0.29) is 17.3 Å². The lowest BCUT2D eigenvalue weighted by molar-refractivity contribution is 0.0879. The van der Waals surface area contributed by atoms with E-state index in [1.54, 1.807) is 6.92 Å². The highest BCUT2D eigenvalue weighted by atomic mass is 16.2. The first kappa shape index (κ1) is 10.6. The van der Waals surface area contributed by atoms with E-state index in [2.05, 4.69) is 10.3 Å². The van der Waals surface area contributed by atoms with Gasteiger partial charge in [0, 0.05) is 5.69 Å². The van der Waals surface area contributed by atoms with Gasteiger partial charge in [-0.1, -0.05) is 13.3 Å². The molecule has 0 atom stereocenters. The molecule has 0 bridgehead atoms. The smallest absolute Gasteiger partial charge is 0.262 e.